The number of fused-ring (bicyclic) bond motifs is 1. The maximum Gasteiger partial charge on any atom is 0.389 e. The lowest BCUT2D eigenvalue weighted by atomic mass is 9.83. The number of aryl methyl sites for hydroxylation is 1. The highest BCUT2D eigenvalue weighted by Gasteiger charge is 2.51. The molecule has 3 fully saturated rings. The second kappa shape index (κ2) is 15.6. The fourth-order valence-electron chi connectivity index (χ4n) is 7.09. The third kappa shape index (κ3) is 9.76. The van der Waals surface area contributed by atoms with Crippen LogP contribution in [0.1, 0.15) is 118 Å². The fraction of sp³-hybridized carbons (Fsp3) is 0.686. The van der Waals surface area contributed by atoms with Gasteiger partial charge in [-0.2, -0.15) is 13.2 Å². The molecule has 2 heterocycles. The van der Waals surface area contributed by atoms with Crippen LogP contribution in [0.5, 0.6) is 0 Å². The molecule has 1 aromatic rings. The number of nitrogens with zero attached hydrogens (tertiary/aromatic N) is 1. The molecule has 5 atom stereocenters. The molecule has 1 aromatic heterocycles. The number of likely N-dealkylation sites (tertiary alicyclic amines) is 1. The van der Waals surface area contributed by atoms with E-state index in [2.05, 4.69) is 26.3 Å². The minimum absolute atomic E-state index is 0.0139. The number of ketones is 2. The van der Waals surface area contributed by atoms with Gasteiger partial charge in [-0.3, -0.25) is 33.6 Å². The molecule has 0 radical (unpaired) electrons. The summed E-state index contributed by atoms with van der Waals surface area (Å²) in [5.41, 5.74) is 0.556. The van der Waals surface area contributed by atoms with Crippen LogP contribution in [0, 0.1) is 25.2 Å². The van der Waals surface area contributed by atoms with Crippen molar-refractivity contribution in [3.63, 3.8) is 0 Å². The zero-order valence-electron chi connectivity index (χ0n) is 30.0. The van der Waals surface area contributed by atoms with Crippen LogP contribution in [0.15, 0.2) is 0 Å². The summed E-state index contributed by atoms with van der Waals surface area (Å²) in [7, 11) is 0. The summed E-state index contributed by atoms with van der Waals surface area (Å²) in [5, 5.41) is 10.0. The van der Waals surface area contributed by atoms with E-state index in [-0.39, 0.29) is 35.4 Å². The van der Waals surface area contributed by atoms with Gasteiger partial charge in [0.25, 0.3) is 11.8 Å². The molecule has 2 saturated carbocycles. The van der Waals surface area contributed by atoms with Gasteiger partial charge < -0.3 is 31.2 Å². The van der Waals surface area contributed by atoms with Crippen LogP contribution in [0.3, 0.4) is 0 Å². The summed E-state index contributed by atoms with van der Waals surface area (Å²) in [4.78, 5) is 96.5. The number of hydrogen-bond donors (Lipinski definition) is 5. The van der Waals surface area contributed by atoms with Gasteiger partial charge in [-0.05, 0) is 76.2 Å². The van der Waals surface area contributed by atoms with Gasteiger partial charge in [-0.1, -0.05) is 33.6 Å². The lowest BCUT2D eigenvalue weighted by molar-refractivity contribution is -0.148. The SMILES string of the molecule is CC(=O)c1c(C(=O)NCC(=O)N[C@H](C(=O)N2[C@H](C(=O)NC(CCC(F)(F)F)C(=O)C(=O)NC3CC3)C[C@@H]3CCCC[C@@H]32)C(C)(C)C)[nH]c(C)c1C. The molecule has 2 aliphatic carbocycles. The Morgan fingerprint density at radius 2 is 1.59 bits per heavy atom. The van der Waals surface area contributed by atoms with E-state index in [9.17, 15) is 46.7 Å². The Labute approximate surface area is 295 Å². The Morgan fingerprint density at radius 1 is 0.941 bits per heavy atom. The molecule has 13 nitrogen and oxygen atoms in total. The molecule has 282 valence electrons. The molecule has 5 N–H and O–H groups in total. The number of halogens is 3. The van der Waals surface area contributed by atoms with Crippen LogP contribution in [0.4, 0.5) is 13.2 Å². The third-order valence-electron chi connectivity index (χ3n) is 10.0. The Balaban J connectivity index is 1.53. The standard InChI is InChI=1S/C35H49F3N6O7/c1-17-18(2)40-27(26(17)19(3)45)31(49)39-16-25(46)43-29(34(4,5)6)33(51)44-23-10-8-7-9-20(23)15-24(44)30(48)42-22(13-14-35(36,37)38)28(47)32(50)41-21-11-12-21/h20-24,29,40H,7-16H2,1-6H3,(H,39,49)(H,41,50)(H,42,48)(H,43,46)/t20-,22?,23-,24-,29+/m0/s1. The highest BCUT2D eigenvalue weighted by atomic mass is 19.4. The normalized spacial score (nSPS) is 21.6. The lowest BCUT2D eigenvalue weighted by Crippen LogP contribution is -2.61. The Kier molecular flexibility index (Phi) is 12.1. The van der Waals surface area contributed by atoms with Gasteiger partial charge in [0.2, 0.25) is 23.5 Å². The largest absolute Gasteiger partial charge is 0.389 e. The molecule has 3 aliphatic rings. The van der Waals surface area contributed by atoms with Gasteiger partial charge in [0.1, 0.15) is 17.8 Å². The van der Waals surface area contributed by atoms with Crippen molar-refractivity contribution >= 4 is 41.1 Å². The molecule has 5 amide bonds. The Bertz CT molecular complexity index is 1560. The quantitative estimate of drug-likeness (QED) is 0.153. The zero-order chi connectivity index (χ0) is 38.0. The first-order valence-corrected chi connectivity index (χ1v) is 17.5. The van der Waals surface area contributed by atoms with Crippen molar-refractivity contribution in [1.29, 1.82) is 0 Å². The molecule has 4 rings (SSSR count). The van der Waals surface area contributed by atoms with Crippen LogP contribution >= 0.6 is 0 Å². The number of alkyl halides is 3. The van der Waals surface area contributed by atoms with Crippen molar-refractivity contribution in [3.8, 4) is 0 Å². The number of carbonyl (C=O) groups excluding carboxylic acids is 7. The number of nitrogens with one attached hydrogen (secondary N) is 5. The van der Waals surface area contributed by atoms with Crippen molar-refractivity contribution in [2.45, 2.75) is 136 Å². The highest BCUT2D eigenvalue weighted by molar-refractivity contribution is 6.38. The van der Waals surface area contributed by atoms with Gasteiger partial charge in [-0.15, -0.1) is 0 Å². The Morgan fingerprint density at radius 3 is 2.18 bits per heavy atom. The summed E-state index contributed by atoms with van der Waals surface area (Å²) >= 11 is 0. The van der Waals surface area contributed by atoms with E-state index < -0.39 is 90.5 Å². The average molecular weight is 723 g/mol. The van der Waals surface area contributed by atoms with Crippen LogP contribution in [0.25, 0.3) is 0 Å². The number of Topliss-reactive ketones (excluding diaryl/α,β-unsaturated/α-hetero) is 2. The second-order valence-electron chi connectivity index (χ2n) is 15.2. The van der Waals surface area contributed by atoms with Crippen LogP contribution in [-0.2, 0) is 24.0 Å². The smallest absolute Gasteiger partial charge is 0.354 e. The molecule has 0 spiro atoms. The molecular formula is C35H49F3N6O7. The Hall–Kier alpha value is -4.24. The average Bonchev–Trinajstić information content (AvgIpc) is 3.68. The predicted octanol–water partition coefficient (Wildman–Crippen LogP) is 2.93. The number of aromatic amines is 1. The van der Waals surface area contributed by atoms with Gasteiger partial charge in [0.05, 0.1) is 18.2 Å². The number of H-pyrrole nitrogens is 1. The van der Waals surface area contributed by atoms with Crippen molar-refractivity contribution in [2.24, 2.45) is 11.3 Å². The minimum atomic E-state index is -4.65. The van der Waals surface area contributed by atoms with E-state index in [1.54, 1.807) is 34.6 Å². The van der Waals surface area contributed by atoms with Crippen LogP contribution in [0.2, 0.25) is 0 Å². The van der Waals surface area contributed by atoms with E-state index >= 15 is 0 Å². The van der Waals surface area contributed by atoms with E-state index in [0.717, 1.165) is 12.8 Å². The fourth-order valence-corrected chi connectivity index (χ4v) is 7.09. The summed E-state index contributed by atoms with van der Waals surface area (Å²) in [6.07, 6.45) is -2.52. The summed E-state index contributed by atoms with van der Waals surface area (Å²) < 4.78 is 39.6. The lowest BCUT2D eigenvalue weighted by Gasteiger charge is -2.39. The third-order valence-corrected chi connectivity index (χ3v) is 10.0. The highest BCUT2D eigenvalue weighted by Crippen LogP contribution is 2.41. The van der Waals surface area contributed by atoms with Crippen molar-refractivity contribution in [1.82, 2.24) is 31.2 Å². The summed E-state index contributed by atoms with van der Waals surface area (Å²) in [6, 6.07) is -4.73. The molecular weight excluding hydrogens is 673 g/mol. The van der Waals surface area contributed by atoms with Crippen LogP contribution in [-0.4, -0.2) is 93.9 Å². The monoisotopic (exact) mass is 722 g/mol. The molecule has 1 saturated heterocycles. The summed E-state index contributed by atoms with van der Waals surface area (Å²) in [6.45, 7) is 9.34. The van der Waals surface area contributed by atoms with Gasteiger partial charge in [0.15, 0.2) is 5.78 Å². The van der Waals surface area contributed by atoms with Crippen LogP contribution < -0.4 is 21.3 Å². The first kappa shape index (κ1) is 39.5. The van der Waals surface area contributed by atoms with E-state index in [4.69, 9.17) is 0 Å². The topological polar surface area (TPSA) is 187 Å². The number of aromatic nitrogens is 1. The van der Waals surface area contributed by atoms with Gasteiger partial charge >= 0.3 is 6.18 Å². The molecule has 0 aromatic carbocycles. The minimum Gasteiger partial charge on any atom is -0.354 e. The number of amides is 5. The van der Waals surface area contributed by atoms with Gasteiger partial charge in [0, 0.05) is 24.2 Å². The molecule has 16 heteroatoms. The first-order valence-electron chi connectivity index (χ1n) is 17.5. The number of rotatable bonds is 13. The predicted molar refractivity (Wildman–Crippen MR) is 178 cm³/mol. The molecule has 0 bridgehead atoms. The van der Waals surface area contributed by atoms with E-state index in [1.165, 1.54) is 11.8 Å². The molecule has 51 heavy (non-hydrogen) atoms. The van der Waals surface area contributed by atoms with Crippen molar-refractivity contribution in [2.75, 3.05) is 6.54 Å². The zero-order valence-corrected chi connectivity index (χ0v) is 30.0. The number of hydrogen-bond acceptors (Lipinski definition) is 7. The maximum atomic E-state index is 14.5. The van der Waals surface area contributed by atoms with Crippen molar-refractivity contribution < 1.29 is 46.7 Å². The van der Waals surface area contributed by atoms with E-state index in [0.29, 0.717) is 36.9 Å². The second-order valence-corrected chi connectivity index (χ2v) is 15.2. The van der Waals surface area contributed by atoms with Gasteiger partial charge in [-0.25, -0.2) is 0 Å². The van der Waals surface area contributed by atoms with Crippen molar-refractivity contribution in [3.05, 3.63) is 22.5 Å². The maximum absolute atomic E-state index is 14.5. The summed E-state index contributed by atoms with van der Waals surface area (Å²) in [5.74, 6) is -5.51. The molecule has 1 unspecified atom stereocenters. The number of carbonyl (C=O) groups is 7. The van der Waals surface area contributed by atoms with E-state index in [1.807, 2.05) is 0 Å². The molecule has 1 aliphatic heterocycles. The first-order chi connectivity index (χ1) is 23.7.